The highest BCUT2D eigenvalue weighted by atomic mass is 32.1. The van der Waals surface area contributed by atoms with E-state index < -0.39 is 0 Å². The Hall–Kier alpha value is -3.12. The predicted octanol–water partition coefficient (Wildman–Crippen LogP) is 6.28. The molecule has 0 unspecified atom stereocenters. The van der Waals surface area contributed by atoms with E-state index in [2.05, 4.69) is 18.1 Å². The topological polar surface area (TPSA) is 69.0 Å². The van der Waals surface area contributed by atoms with Crippen molar-refractivity contribution >= 4 is 43.7 Å². The highest BCUT2D eigenvalue weighted by Crippen LogP contribution is 2.35. The van der Waals surface area contributed by atoms with Crippen LogP contribution >= 0.6 is 11.3 Å². The third-order valence-corrected chi connectivity index (χ3v) is 6.14. The Morgan fingerprint density at radius 1 is 1.00 bits per heavy atom. The lowest BCUT2D eigenvalue weighted by atomic mass is 10.0. The second-order valence-electron chi connectivity index (χ2n) is 7.27. The number of hydrazone groups is 1. The fourth-order valence-electron chi connectivity index (χ4n) is 3.45. The number of phenols is 2. The number of nitrogens with zero attached hydrogens (tertiary/aromatic N) is 3. The highest BCUT2D eigenvalue weighted by molar-refractivity contribution is 7.22. The second-order valence-corrected chi connectivity index (χ2v) is 8.28. The van der Waals surface area contributed by atoms with Gasteiger partial charge in [-0.1, -0.05) is 73.9 Å². The zero-order chi connectivity index (χ0) is 20.9. The average molecular weight is 420 g/mol. The summed E-state index contributed by atoms with van der Waals surface area (Å²) in [7, 11) is 0. The maximum Gasteiger partial charge on any atom is 0.207 e. The Morgan fingerprint density at radius 3 is 2.57 bits per heavy atom. The van der Waals surface area contributed by atoms with E-state index in [1.807, 2.05) is 35.3 Å². The van der Waals surface area contributed by atoms with Crippen LogP contribution < -0.4 is 5.01 Å². The SMILES string of the molecule is CCCCCCN(/N=C/c1cc(O)c2ccccc2c1O)c1nc2ccccc2s1. The standard InChI is InChI=1S/C24H25N3O2S/c1-2-3-4-9-14-27(24-26-20-12-7-8-13-22(20)30-24)25-16-17-15-21(28)18-10-5-6-11-19(18)23(17)29/h5-8,10-13,15-16,28-29H,2-4,9,14H2,1H3/b25-16+. The number of anilines is 1. The first kappa shape index (κ1) is 20.2. The number of hydrogen-bond donors (Lipinski definition) is 2. The van der Waals surface area contributed by atoms with Crippen LogP contribution in [0.2, 0.25) is 0 Å². The van der Waals surface area contributed by atoms with Gasteiger partial charge in [-0.15, -0.1) is 0 Å². The van der Waals surface area contributed by atoms with Gasteiger partial charge in [-0.05, 0) is 24.6 Å². The van der Waals surface area contributed by atoms with E-state index in [1.54, 1.807) is 35.8 Å². The quantitative estimate of drug-likeness (QED) is 0.153. The smallest absolute Gasteiger partial charge is 0.207 e. The molecule has 0 aliphatic heterocycles. The summed E-state index contributed by atoms with van der Waals surface area (Å²) < 4.78 is 1.12. The molecule has 0 aliphatic carbocycles. The molecule has 5 nitrogen and oxygen atoms in total. The zero-order valence-electron chi connectivity index (χ0n) is 17.0. The molecule has 30 heavy (non-hydrogen) atoms. The number of fused-ring (bicyclic) bond motifs is 2. The highest BCUT2D eigenvalue weighted by Gasteiger charge is 2.13. The molecule has 0 bridgehead atoms. The molecular weight excluding hydrogens is 394 g/mol. The van der Waals surface area contributed by atoms with Crippen molar-refractivity contribution in [2.24, 2.45) is 5.10 Å². The number of unbranched alkanes of at least 4 members (excludes halogenated alkanes) is 3. The summed E-state index contributed by atoms with van der Waals surface area (Å²) >= 11 is 1.60. The molecule has 3 aromatic carbocycles. The minimum absolute atomic E-state index is 0.113. The van der Waals surface area contributed by atoms with Crippen molar-refractivity contribution in [1.82, 2.24) is 4.98 Å². The van der Waals surface area contributed by atoms with Gasteiger partial charge in [0.1, 0.15) is 11.5 Å². The number of thiazole rings is 1. The van der Waals surface area contributed by atoms with E-state index in [9.17, 15) is 10.2 Å². The molecule has 4 rings (SSSR count). The average Bonchev–Trinajstić information content (AvgIpc) is 3.20. The molecule has 0 saturated heterocycles. The van der Waals surface area contributed by atoms with Crippen LogP contribution in [-0.4, -0.2) is 28.0 Å². The molecule has 0 spiro atoms. The third kappa shape index (κ3) is 4.24. The van der Waals surface area contributed by atoms with Gasteiger partial charge in [0.25, 0.3) is 0 Å². The summed E-state index contributed by atoms with van der Waals surface area (Å²) in [5.41, 5.74) is 1.43. The fourth-order valence-corrected chi connectivity index (χ4v) is 4.40. The maximum atomic E-state index is 10.7. The van der Waals surface area contributed by atoms with Crippen molar-refractivity contribution in [2.75, 3.05) is 11.6 Å². The Bertz CT molecular complexity index is 1150. The normalized spacial score (nSPS) is 11.6. The van der Waals surface area contributed by atoms with Crippen molar-refractivity contribution in [1.29, 1.82) is 0 Å². The number of benzene rings is 3. The summed E-state index contributed by atoms with van der Waals surface area (Å²) in [6, 6.07) is 16.8. The first-order valence-corrected chi connectivity index (χ1v) is 11.1. The van der Waals surface area contributed by atoms with Crippen molar-refractivity contribution in [3.8, 4) is 11.5 Å². The van der Waals surface area contributed by atoms with E-state index >= 15 is 0 Å². The minimum atomic E-state index is 0.113. The van der Waals surface area contributed by atoms with Crippen LogP contribution in [0.4, 0.5) is 5.13 Å². The van der Waals surface area contributed by atoms with E-state index in [0.29, 0.717) is 16.3 Å². The molecule has 0 amide bonds. The molecule has 0 aliphatic rings. The summed E-state index contributed by atoms with van der Waals surface area (Å²) in [6.45, 7) is 2.94. The summed E-state index contributed by atoms with van der Waals surface area (Å²) in [6.07, 6.45) is 6.12. The van der Waals surface area contributed by atoms with Crippen LogP contribution in [-0.2, 0) is 0 Å². The summed E-state index contributed by atoms with van der Waals surface area (Å²) in [5.74, 6) is 0.238. The van der Waals surface area contributed by atoms with E-state index in [1.165, 1.54) is 12.8 Å². The number of para-hydroxylation sites is 1. The number of aromatic nitrogens is 1. The lowest BCUT2D eigenvalue weighted by Crippen LogP contribution is -2.18. The summed E-state index contributed by atoms with van der Waals surface area (Å²) in [5, 5.41) is 29.6. The Labute approximate surface area is 179 Å². The third-order valence-electron chi connectivity index (χ3n) is 5.09. The Morgan fingerprint density at radius 2 is 1.77 bits per heavy atom. The number of aromatic hydroxyl groups is 2. The van der Waals surface area contributed by atoms with Gasteiger partial charge in [0, 0.05) is 22.9 Å². The molecule has 4 aromatic rings. The van der Waals surface area contributed by atoms with Crippen LogP contribution in [0.1, 0.15) is 38.2 Å². The van der Waals surface area contributed by atoms with Crippen LogP contribution in [0.15, 0.2) is 59.7 Å². The van der Waals surface area contributed by atoms with Gasteiger partial charge in [-0.2, -0.15) is 5.10 Å². The maximum absolute atomic E-state index is 10.7. The molecule has 0 saturated carbocycles. The molecule has 2 N–H and O–H groups in total. The number of rotatable bonds is 8. The molecule has 0 radical (unpaired) electrons. The van der Waals surface area contributed by atoms with Crippen LogP contribution in [0.5, 0.6) is 11.5 Å². The van der Waals surface area contributed by atoms with Gasteiger partial charge >= 0.3 is 0 Å². The predicted molar refractivity (Wildman–Crippen MR) is 126 cm³/mol. The van der Waals surface area contributed by atoms with Crippen molar-refractivity contribution in [2.45, 2.75) is 32.6 Å². The number of hydrogen-bond acceptors (Lipinski definition) is 6. The number of phenolic OH excluding ortho intramolecular Hbond substituents is 2. The van der Waals surface area contributed by atoms with Gasteiger partial charge in [0.2, 0.25) is 5.13 Å². The fraction of sp³-hybridized carbons (Fsp3) is 0.250. The second kappa shape index (κ2) is 9.13. The molecule has 0 atom stereocenters. The molecule has 1 aromatic heterocycles. The first-order chi connectivity index (χ1) is 14.7. The van der Waals surface area contributed by atoms with Crippen molar-refractivity contribution in [3.63, 3.8) is 0 Å². The summed E-state index contributed by atoms with van der Waals surface area (Å²) in [4.78, 5) is 4.73. The van der Waals surface area contributed by atoms with Gasteiger partial charge in [0.05, 0.1) is 16.4 Å². The van der Waals surface area contributed by atoms with Crippen LogP contribution in [0, 0.1) is 0 Å². The molecule has 0 fully saturated rings. The molecular formula is C24H25N3O2S. The van der Waals surface area contributed by atoms with Gasteiger partial charge in [-0.3, -0.25) is 0 Å². The monoisotopic (exact) mass is 419 g/mol. The molecule has 154 valence electrons. The van der Waals surface area contributed by atoms with Gasteiger partial charge in [-0.25, -0.2) is 9.99 Å². The Balaban J connectivity index is 1.66. The zero-order valence-corrected chi connectivity index (χ0v) is 17.8. The van der Waals surface area contributed by atoms with Crippen molar-refractivity contribution < 1.29 is 10.2 Å². The first-order valence-electron chi connectivity index (χ1n) is 10.3. The van der Waals surface area contributed by atoms with Gasteiger partial charge in [0.15, 0.2) is 0 Å². The van der Waals surface area contributed by atoms with Crippen LogP contribution in [0.3, 0.4) is 0 Å². The molecule has 1 heterocycles. The van der Waals surface area contributed by atoms with E-state index in [0.717, 1.165) is 34.7 Å². The van der Waals surface area contributed by atoms with Crippen LogP contribution in [0.25, 0.3) is 21.0 Å². The van der Waals surface area contributed by atoms with Gasteiger partial charge < -0.3 is 10.2 Å². The largest absolute Gasteiger partial charge is 0.507 e. The van der Waals surface area contributed by atoms with E-state index in [-0.39, 0.29) is 11.5 Å². The lowest BCUT2D eigenvalue weighted by molar-refractivity contribution is 0.469. The molecule has 6 heteroatoms. The lowest BCUT2D eigenvalue weighted by Gasteiger charge is -2.16. The van der Waals surface area contributed by atoms with Crippen molar-refractivity contribution in [3.05, 3.63) is 60.2 Å². The minimum Gasteiger partial charge on any atom is -0.507 e. The Kier molecular flexibility index (Phi) is 6.14. The van der Waals surface area contributed by atoms with E-state index in [4.69, 9.17) is 4.98 Å².